The maximum absolute atomic E-state index is 13.3. The van der Waals surface area contributed by atoms with Gasteiger partial charge in [-0.1, -0.05) is 42.5 Å². The van der Waals surface area contributed by atoms with Crippen LogP contribution in [0.3, 0.4) is 0 Å². The number of rotatable bonds is 7. The zero-order valence-electron chi connectivity index (χ0n) is 16.4. The first-order chi connectivity index (χ1) is 13.9. The van der Waals surface area contributed by atoms with Gasteiger partial charge in [0.05, 0.1) is 19.4 Å². The third kappa shape index (κ3) is 5.68. The molecule has 0 saturated carbocycles. The molecule has 0 atom stereocenters. The summed E-state index contributed by atoms with van der Waals surface area (Å²) in [6.07, 6.45) is 1.19. The summed E-state index contributed by atoms with van der Waals surface area (Å²) in [6, 6.07) is 23.8. The molecule has 5 nitrogen and oxygen atoms in total. The summed E-state index contributed by atoms with van der Waals surface area (Å²) in [5, 5.41) is 0. The monoisotopic (exact) mass is 409 g/mol. The van der Waals surface area contributed by atoms with Crippen LogP contribution in [-0.2, 0) is 22.1 Å². The van der Waals surface area contributed by atoms with Crippen LogP contribution in [0.15, 0.2) is 78.9 Å². The van der Waals surface area contributed by atoms with E-state index >= 15 is 0 Å². The molecule has 1 amide bonds. The summed E-state index contributed by atoms with van der Waals surface area (Å²) in [5.41, 5.74) is 2.90. The highest BCUT2D eigenvalue weighted by Gasteiger charge is 2.19. The molecule has 29 heavy (non-hydrogen) atoms. The van der Waals surface area contributed by atoms with Gasteiger partial charge < -0.3 is 9.64 Å². The van der Waals surface area contributed by atoms with E-state index in [0.717, 1.165) is 11.3 Å². The van der Waals surface area contributed by atoms with Crippen LogP contribution in [0.2, 0.25) is 0 Å². The van der Waals surface area contributed by atoms with Crippen molar-refractivity contribution in [1.29, 1.82) is 0 Å². The van der Waals surface area contributed by atoms with Crippen LogP contribution in [0.25, 0.3) is 0 Å². The van der Waals surface area contributed by atoms with E-state index in [1.165, 1.54) is 6.26 Å². The molecule has 0 aliphatic rings. The average molecular weight is 410 g/mol. The van der Waals surface area contributed by atoms with Crippen LogP contribution in [0, 0.1) is 0 Å². The molecule has 150 valence electrons. The fourth-order valence-corrected chi connectivity index (χ4v) is 3.81. The number of carbonyl (C=O) groups excluding carboxylic acids is 1. The molecule has 0 N–H and O–H groups in total. The minimum absolute atomic E-state index is 0.0479. The Balaban J connectivity index is 1.90. The second-order valence-electron chi connectivity index (χ2n) is 6.84. The van der Waals surface area contributed by atoms with Crippen molar-refractivity contribution in [1.82, 2.24) is 0 Å². The Morgan fingerprint density at radius 3 is 2.03 bits per heavy atom. The summed E-state index contributed by atoms with van der Waals surface area (Å²) in [4.78, 5) is 15.0. The van der Waals surface area contributed by atoms with Crippen molar-refractivity contribution in [2.75, 3.05) is 18.3 Å². The quantitative estimate of drug-likeness (QED) is 0.590. The first-order valence-electron chi connectivity index (χ1n) is 9.12. The SMILES string of the molecule is COc1ccc(N(Cc2ccccc2)C(=O)c2ccc(CS(C)(=O)=O)cc2)cc1. The number of anilines is 1. The number of sulfone groups is 1. The van der Waals surface area contributed by atoms with Crippen LogP contribution in [0.4, 0.5) is 5.69 Å². The van der Waals surface area contributed by atoms with Crippen molar-refractivity contribution in [3.8, 4) is 5.75 Å². The summed E-state index contributed by atoms with van der Waals surface area (Å²) in [7, 11) is -1.53. The van der Waals surface area contributed by atoms with Gasteiger partial charge in [-0.25, -0.2) is 8.42 Å². The Morgan fingerprint density at radius 2 is 1.48 bits per heavy atom. The van der Waals surface area contributed by atoms with Crippen LogP contribution < -0.4 is 9.64 Å². The van der Waals surface area contributed by atoms with Gasteiger partial charge in [0, 0.05) is 17.5 Å². The lowest BCUT2D eigenvalue weighted by atomic mass is 10.1. The van der Waals surface area contributed by atoms with Crippen molar-refractivity contribution in [2.24, 2.45) is 0 Å². The predicted octanol–water partition coefficient (Wildman–Crippen LogP) is 4.09. The van der Waals surface area contributed by atoms with Gasteiger partial charge in [0.15, 0.2) is 9.84 Å². The lowest BCUT2D eigenvalue weighted by molar-refractivity contribution is 0.0985. The number of hydrogen-bond donors (Lipinski definition) is 0. The van der Waals surface area contributed by atoms with Crippen molar-refractivity contribution in [2.45, 2.75) is 12.3 Å². The van der Waals surface area contributed by atoms with Crippen LogP contribution in [0.5, 0.6) is 5.75 Å². The Hall–Kier alpha value is -3.12. The summed E-state index contributed by atoms with van der Waals surface area (Å²) >= 11 is 0. The highest BCUT2D eigenvalue weighted by molar-refractivity contribution is 7.89. The number of ether oxygens (including phenoxy) is 1. The normalized spacial score (nSPS) is 11.1. The Labute approximate surface area is 171 Å². The van der Waals surface area contributed by atoms with E-state index in [0.29, 0.717) is 23.4 Å². The van der Waals surface area contributed by atoms with Crippen LogP contribution >= 0.6 is 0 Å². The van der Waals surface area contributed by atoms with E-state index in [2.05, 4.69) is 0 Å². The van der Waals surface area contributed by atoms with Crippen LogP contribution in [-0.4, -0.2) is 27.7 Å². The van der Waals surface area contributed by atoms with Gasteiger partial charge in [-0.05, 0) is 47.5 Å². The van der Waals surface area contributed by atoms with Gasteiger partial charge in [-0.15, -0.1) is 0 Å². The van der Waals surface area contributed by atoms with E-state index in [9.17, 15) is 13.2 Å². The molecule has 3 aromatic carbocycles. The predicted molar refractivity (Wildman–Crippen MR) is 115 cm³/mol. The molecule has 0 saturated heterocycles. The molecule has 0 spiro atoms. The third-order valence-corrected chi connectivity index (χ3v) is 5.30. The minimum Gasteiger partial charge on any atom is -0.497 e. The van der Waals surface area contributed by atoms with Crippen molar-refractivity contribution in [3.05, 3.63) is 95.6 Å². The van der Waals surface area contributed by atoms with Gasteiger partial charge >= 0.3 is 0 Å². The molecular weight excluding hydrogens is 386 g/mol. The molecule has 0 aliphatic heterocycles. The lowest BCUT2D eigenvalue weighted by Crippen LogP contribution is -2.30. The van der Waals surface area contributed by atoms with Crippen molar-refractivity contribution < 1.29 is 17.9 Å². The number of methoxy groups -OCH3 is 1. The summed E-state index contributed by atoms with van der Waals surface area (Å²) in [5.74, 6) is 0.504. The number of carbonyl (C=O) groups is 1. The highest BCUT2D eigenvalue weighted by Crippen LogP contribution is 2.23. The maximum Gasteiger partial charge on any atom is 0.258 e. The third-order valence-electron chi connectivity index (χ3n) is 4.44. The van der Waals surface area contributed by atoms with Gasteiger partial charge in [-0.2, -0.15) is 0 Å². The van der Waals surface area contributed by atoms with Gasteiger partial charge in [0.2, 0.25) is 0 Å². The second-order valence-corrected chi connectivity index (χ2v) is 8.98. The smallest absolute Gasteiger partial charge is 0.258 e. The molecule has 0 fully saturated rings. The molecule has 3 rings (SSSR count). The zero-order valence-corrected chi connectivity index (χ0v) is 17.2. The fourth-order valence-electron chi connectivity index (χ4n) is 3.01. The van der Waals surface area contributed by atoms with Gasteiger partial charge in [0.1, 0.15) is 5.75 Å². The molecule has 0 bridgehead atoms. The number of amides is 1. The lowest BCUT2D eigenvalue weighted by Gasteiger charge is -2.23. The first kappa shape index (κ1) is 20.6. The van der Waals surface area contributed by atoms with Gasteiger partial charge in [-0.3, -0.25) is 4.79 Å². The van der Waals surface area contributed by atoms with Crippen molar-refractivity contribution >= 4 is 21.4 Å². The Kier molecular flexibility index (Phi) is 6.34. The van der Waals surface area contributed by atoms with E-state index in [-0.39, 0.29) is 11.7 Å². The van der Waals surface area contributed by atoms with E-state index in [1.807, 2.05) is 54.6 Å². The minimum atomic E-state index is -3.12. The average Bonchev–Trinajstić information content (AvgIpc) is 2.72. The summed E-state index contributed by atoms with van der Waals surface area (Å²) in [6.45, 7) is 0.414. The van der Waals surface area contributed by atoms with Crippen molar-refractivity contribution in [3.63, 3.8) is 0 Å². The Morgan fingerprint density at radius 1 is 0.862 bits per heavy atom. The maximum atomic E-state index is 13.3. The second kappa shape index (κ2) is 8.92. The van der Waals surface area contributed by atoms with E-state index < -0.39 is 9.84 Å². The number of nitrogens with zero attached hydrogens (tertiary/aromatic N) is 1. The molecule has 0 aromatic heterocycles. The van der Waals surface area contributed by atoms with E-state index in [4.69, 9.17) is 4.74 Å². The Bertz CT molecular complexity index is 1060. The largest absolute Gasteiger partial charge is 0.497 e. The molecule has 0 radical (unpaired) electrons. The number of hydrogen-bond acceptors (Lipinski definition) is 4. The standard InChI is InChI=1S/C23H23NO4S/c1-28-22-14-12-21(13-15-22)24(16-18-6-4-3-5-7-18)23(25)20-10-8-19(9-11-20)17-29(2,26)27/h3-15H,16-17H2,1-2H3. The summed E-state index contributed by atoms with van der Waals surface area (Å²) < 4.78 is 28.2. The molecule has 0 aliphatic carbocycles. The molecule has 0 unspecified atom stereocenters. The molecular formula is C23H23NO4S. The highest BCUT2D eigenvalue weighted by atomic mass is 32.2. The molecule has 6 heteroatoms. The topological polar surface area (TPSA) is 63.7 Å². The molecule has 0 heterocycles. The van der Waals surface area contributed by atoms with E-state index in [1.54, 1.807) is 36.3 Å². The van der Waals surface area contributed by atoms with Gasteiger partial charge in [0.25, 0.3) is 5.91 Å². The zero-order chi connectivity index (χ0) is 20.9. The fraction of sp³-hybridized carbons (Fsp3) is 0.174. The number of benzene rings is 3. The first-order valence-corrected chi connectivity index (χ1v) is 11.2. The van der Waals surface area contributed by atoms with Crippen LogP contribution in [0.1, 0.15) is 21.5 Å². The molecule has 3 aromatic rings.